The molecule has 2 heterocycles. The molecule has 5 rings (SSSR count). The highest BCUT2D eigenvalue weighted by atomic mass is 32.1. The molecule has 168 valence electrons. The molecule has 1 N–H and O–H groups in total. The first-order chi connectivity index (χ1) is 16.6. The minimum Gasteiger partial charge on any atom is -0.494 e. The Bertz CT molecular complexity index is 1450. The van der Waals surface area contributed by atoms with Gasteiger partial charge in [0.25, 0.3) is 5.91 Å². The number of nitrogens with zero attached hydrogens (tertiary/aromatic N) is 4. The maximum atomic E-state index is 14.5. The molecule has 0 atom stereocenters. The molecule has 0 saturated carbocycles. The van der Waals surface area contributed by atoms with E-state index in [0.29, 0.717) is 32.5 Å². The molecule has 0 aliphatic heterocycles. The number of anilines is 1. The van der Waals surface area contributed by atoms with Crippen LogP contribution in [-0.2, 0) is 0 Å². The fraction of sp³-hybridized carbons (Fsp3) is 0.0400. The standard InChI is InChI=1S/C25H18FN5O2S/c1-33-21-13-12-17(14-20(21)26)22-19(15-31(30-22)18-10-6-3-7-11-18)24-28-29-25(34-24)27-23(32)16-8-4-2-5-9-16/h2-15H,1H3,(H,27,29,32). The Morgan fingerprint density at radius 1 is 1.00 bits per heavy atom. The summed E-state index contributed by atoms with van der Waals surface area (Å²) in [4.78, 5) is 12.5. The van der Waals surface area contributed by atoms with Crippen molar-refractivity contribution in [1.82, 2.24) is 20.0 Å². The van der Waals surface area contributed by atoms with E-state index < -0.39 is 5.82 Å². The van der Waals surface area contributed by atoms with Gasteiger partial charge in [0, 0.05) is 17.3 Å². The van der Waals surface area contributed by atoms with Gasteiger partial charge < -0.3 is 4.74 Å². The van der Waals surface area contributed by atoms with Gasteiger partial charge in [0.1, 0.15) is 5.69 Å². The molecule has 1 amide bonds. The van der Waals surface area contributed by atoms with Gasteiger partial charge in [-0.05, 0) is 42.5 Å². The number of carbonyl (C=O) groups excluding carboxylic acids is 1. The molecule has 7 nitrogen and oxygen atoms in total. The second-order valence-electron chi connectivity index (χ2n) is 7.25. The van der Waals surface area contributed by atoms with E-state index in [2.05, 4.69) is 15.5 Å². The SMILES string of the molecule is COc1ccc(-c2nn(-c3ccccc3)cc2-c2nnc(NC(=O)c3ccccc3)s2)cc1F. The van der Waals surface area contributed by atoms with Crippen molar-refractivity contribution in [3.63, 3.8) is 0 Å². The number of para-hydroxylation sites is 1. The summed E-state index contributed by atoms with van der Waals surface area (Å²) >= 11 is 1.21. The van der Waals surface area contributed by atoms with Gasteiger partial charge >= 0.3 is 0 Å². The molecule has 0 radical (unpaired) electrons. The Labute approximate surface area is 198 Å². The Balaban J connectivity index is 1.54. The number of methoxy groups -OCH3 is 1. The maximum Gasteiger partial charge on any atom is 0.257 e. The molecule has 0 aliphatic carbocycles. The third-order valence-corrected chi connectivity index (χ3v) is 5.94. The van der Waals surface area contributed by atoms with Gasteiger partial charge in [0.2, 0.25) is 5.13 Å². The van der Waals surface area contributed by atoms with Crippen LogP contribution in [0, 0.1) is 5.82 Å². The summed E-state index contributed by atoms with van der Waals surface area (Å²) < 4.78 is 21.2. The minimum atomic E-state index is -0.492. The van der Waals surface area contributed by atoms with Crippen molar-refractivity contribution >= 4 is 22.4 Å². The molecule has 34 heavy (non-hydrogen) atoms. The number of amides is 1. The lowest BCUT2D eigenvalue weighted by atomic mass is 10.1. The number of benzene rings is 3. The van der Waals surface area contributed by atoms with E-state index in [-0.39, 0.29) is 11.7 Å². The van der Waals surface area contributed by atoms with Gasteiger partial charge in [-0.25, -0.2) is 9.07 Å². The first kappa shape index (κ1) is 21.5. The number of halogens is 1. The first-order valence-electron chi connectivity index (χ1n) is 10.3. The minimum absolute atomic E-state index is 0.148. The Hall–Kier alpha value is -4.37. The Morgan fingerprint density at radius 3 is 2.44 bits per heavy atom. The predicted octanol–water partition coefficient (Wildman–Crippen LogP) is 5.46. The number of aromatic nitrogens is 4. The summed E-state index contributed by atoms with van der Waals surface area (Å²) in [6, 6.07) is 23.1. The summed E-state index contributed by atoms with van der Waals surface area (Å²) in [6.45, 7) is 0. The van der Waals surface area contributed by atoms with Crippen molar-refractivity contribution in [3.8, 4) is 33.3 Å². The molecule has 5 aromatic rings. The Kier molecular flexibility index (Phi) is 5.84. The molecule has 0 fully saturated rings. The Morgan fingerprint density at radius 2 is 1.74 bits per heavy atom. The van der Waals surface area contributed by atoms with Crippen LogP contribution in [0.25, 0.3) is 27.5 Å². The van der Waals surface area contributed by atoms with Crippen LogP contribution in [0.4, 0.5) is 9.52 Å². The van der Waals surface area contributed by atoms with Gasteiger partial charge in [0.15, 0.2) is 16.6 Å². The zero-order valence-electron chi connectivity index (χ0n) is 18.0. The van der Waals surface area contributed by atoms with Crippen LogP contribution in [0.5, 0.6) is 5.75 Å². The molecular formula is C25H18FN5O2S. The maximum absolute atomic E-state index is 14.5. The van der Waals surface area contributed by atoms with Crippen LogP contribution in [0.3, 0.4) is 0 Å². The summed E-state index contributed by atoms with van der Waals surface area (Å²) in [5.41, 5.74) is 3.11. The predicted molar refractivity (Wildman–Crippen MR) is 129 cm³/mol. The lowest BCUT2D eigenvalue weighted by Crippen LogP contribution is -2.11. The van der Waals surface area contributed by atoms with E-state index in [9.17, 15) is 9.18 Å². The van der Waals surface area contributed by atoms with Crippen LogP contribution in [0.15, 0.2) is 85.1 Å². The van der Waals surface area contributed by atoms with Gasteiger partial charge in [-0.1, -0.05) is 47.7 Å². The van der Waals surface area contributed by atoms with Crippen molar-refractivity contribution in [1.29, 1.82) is 0 Å². The summed E-state index contributed by atoms with van der Waals surface area (Å²) in [6.07, 6.45) is 1.82. The van der Waals surface area contributed by atoms with Crippen LogP contribution in [-0.4, -0.2) is 33.0 Å². The number of hydrogen-bond acceptors (Lipinski definition) is 6. The largest absolute Gasteiger partial charge is 0.494 e. The van der Waals surface area contributed by atoms with E-state index in [1.807, 2.05) is 42.6 Å². The summed E-state index contributed by atoms with van der Waals surface area (Å²) in [5.74, 6) is -0.622. The molecule has 0 spiro atoms. The molecule has 9 heteroatoms. The van der Waals surface area contributed by atoms with E-state index in [1.54, 1.807) is 41.1 Å². The smallest absolute Gasteiger partial charge is 0.257 e. The van der Waals surface area contributed by atoms with E-state index >= 15 is 0 Å². The molecule has 2 aromatic heterocycles. The monoisotopic (exact) mass is 471 g/mol. The highest BCUT2D eigenvalue weighted by Crippen LogP contribution is 2.36. The van der Waals surface area contributed by atoms with Crippen molar-refractivity contribution in [3.05, 3.63) is 96.4 Å². The van der Waals surface area contributed by atoms with Crippen LogP contribution >= 0.6 is 11.3 Å². The number of nitrogens with one attached hydrogen (secondary N) is 1. The summed E-state index contributed by atoms with van der Waals surface area (Å²) in [7, 11) is 1.42. The fourth-order valence-electron chi connectivity index (χ4n) is 3.41. The first-order valence-corrected chi connectivity index (χ1v) is 11.1. The molecule has 0 bridgehead atoms. The molecule has 0 saturated heterocycles. The lowest BCUT2D eigenvalue weighted by molar-refractivity contribution is 0.102. The van der Waals surface area contributed by atoms with E-state index in [1.165, 1.54) is 24.5 Å². The highest BCUT2D eigenvalue weighted by Gasteiger charge is 2.20. The number of carbonyl (C=O) groups is 1. The fourth-order valence-corrected chi connectivity index (χ4v) is 4.16. The average Bonchev–Trinajstić information content (AvgIpc) is 3.52. The van der Waals surface area contributed by atoms with Crippen molar-refractivity contribution in [2.75, 3.05) is 12.4 Å². The van der Waals surface area contributed by atoms with Gasteiger partial charge in [0.05, 0.1) is 18.4 Å². The van der Waals surface area contributed by atoms with Crippen LogP contribution in [0.2, 0.25) is 0 Å². The highest BCUT2D eigenvalue weighted by molar-refractivity contribution is 7.18. The molecule has 0 unspecified atom stereocenters. The zero-order chi connectivity index (χ0) is 23.5. The molecule has 3 aromatic carbocycles. The number of hydrogen-bond donors (Lipinski definition) is 1. The van der Waals surface area contributed by atoms with E-state index in [0.717, 1.165) is 5.69 Å². The third-order valence-electron chi connectivity index (χ3n) is 5.07. The lowest BCUT2D eigenvalue weighted by Gasteiger charge is -2.04. The van der Waals surface area contributed by atoms with Gasteiger partial charge in [-0.2, -0.15) is 5.10 Å². The zero-order valence-corrected chi connectivity index (χ0v) is 18.8. The van der Waals surface area contributed by atoms with Gasteiger partial charge in [-0.15, -0.1) is 10.2 Å². The number of rotatable bonds is 6. The molecular weight excluding hydrogens is 453 g/mol. The van der Waals surface area contributed by atoms with Gasteiger partial charge in [-0.3, -0.25) is 10.1 Å². The van der Waals surface area contributed by atoms with Crippen LogP contribution in [0.1, 0.15) is 10.4 Å². The summed E-state index contributed by atoms with van der Waals surface area (Å²) in [5, 5.41) is 16.8. The second-order valence-corrected chi connectivity index (χ2v) is 8.23. The van der Waals surface area contributed by atoms with E-state index in [4.69, 9.17) is 9.84 Å². The van der Waals surface area contributed by atoms with Crippen LogP contribution < -0.4 is 10.1 Å². The third kappa shape index (κ3) is 4.28. The van der Waals surface area contributed by atoms with Crippen molar-refractivity contribution in [2.24, 2.45) is 0 Å². The molecule has 0 aliphatic rings. The number of ether oxygens (including phenoxy) is 1. The topological polar surface area (TPSA) is 81.9 Å². The quantitative estimate of drug-likeness (QED) is 0.356. The van der Waals surface area contributed by atoms with Crippen molar-refractivity contribution < 1.29 is 13.9 Å². The second kappa shape index (κ2) is 9.24. The van der Waals surface area contributed by atoms with Crippen molar-refractivity contribution in [2.45, 2.75) is 0 Å². The average molecular weight is 472 g/mol. The normalized spacial score (nSPS) is 10.8.